The minimum atomic E-state index is -3.41. The first kappa shape index (κ1) is 13.0. The van der Waals surface area contributed by atoms with E-state index in [-0.39, 0.29) is 9.85 Å². The van der Waals surface area contributed by atoms with Crippen molar-refractivity contribution in [1.82, 2.24) is 13.9 Å². The van der Waals surface area contributed by atoms with Gasteiger partial charge in [0.05, 0.1) is 0 Å². The van der Waals surface area contributed by atoms with Crippen LogP contribution in [-0.4, -0.2) is 40.2 Å². The summed E-state index contributed by atoms with van der Waals surface area (Å²) in [5.41, 5.74) is 0. The molecule has 1 aliphatic heterocycles. The van der Waals surface area contributed by atoms with Crippen LogP contribution < -0.4 is 0 Å². The number of nitrogens with zero attached hydrogens (tertiary/aromatic N) is 3. The largest absolute Gasteiger partial charge is 0.334 e. The molecular weight excluding hydrogens is 306 g/mol. The summed E-state index contributed by atoms with van der Waals surface area (Å²) in [6.45, 7) is 5.61. The fraction of sp³-hybridized carbons (Fsp3) is 0.700. The van der Waals surface area contributed by atoms with Crippen LogP contribution in [-0.2, 0) is 16.6 Å². The van der Waals surface area contributed by atoms with Crippen LogP contribution in [0.2, 0.25) is 0 Å². The molecule has 0 bridgehead atoms. The molecule has 0 N–H and O–H groups in total. The quantitative estimate of drug-likeness (QED) is 0.790. The summed E-state index contributed by atoms with van der Waals surface area (Å²) in [6.07, 6.45) is 2.47. The Kier molecular flexibility index (Phi) is 3.61. The number of aromatic nitrogens is 2. The topological polar surface area (TPSA) is 55.2 Å². The number of halogens is 1. The van der Waals surface area contributed by atoms with E-state index in [4.69, 9.17) is 0 Å². The van der Waals surface area contributed by atoms with Gasteiger partial charge in [-0.15, -0.1) is 0 Å². The van der Waals surface area contributed by atoms with E-state index < -0.39 is 10.0 Å². The summed E-state index contributed by atoms with van der Waals surface area (Å²) in [5, 5.41) is 0.165. The van der Waals surface area contributed by atoms with Crippen LogP contribution in [0.15, 0.2) is 11.2 Å². The second-order valence-corrected chi connectivity index (χ2v) is 7.34. The van der Waals surface area contributed by atoms with Crippen molar-refractivity contribution in [2.24, 2.45) is 0 Å². The Morgan fingerprint density at radius 2 is 2.29 bits per heavy atom. The summed E-state index contributed by atoms with van der Waals surface area (Å²) in [4.78, 5) is 4.40. The third-order valence-electron chi connectivity index (χ3n) is 2.99. The standard InChI is InChI=1S/C10H16BrN3O2S/c1-3-13-7-10(12-8(13)2)17(15,16)14-5-4-9(11)6-14/h7,9H,3-6H2,1-2H3. The number of alkyl halides is 1. The second kappa shape index (κ2) is 4.70. The molecule has 0 aromatic carbocycles. The van der Waals surface area contributed by atoms with Gasteiger partial charge >= 0.3 is 0 Å². The first-order chi connectivity index (χ1) is 7.95. The van der Waals surface area contributed by atoms with Crippen molar-refractivity contribution in [2.45, 2.75) is 36.7 Å². The zero-order valence-corrected chi connectivity index (χ0v) is 12.3. The Balaban J connectivity index is 2.31. The van der Waals surface area contributed by atoms with Crippen molar-refractivity contribution in [2.75, 3.05) is 13.1 Å². The van der Waals surface area contributed by atoms with Gasteiger partial charge < -0.3 is 4.57 Å². The van der Waals surface area contributed by atoms with E-state index >= 15 is 0 Å². The van der Waals surface area contributed by atoms with Crippen molar-refractivity contribution in [3.63, 3.8) is 0 Å². The molecule has 1 saturated heterocycles. The van der Waals surface area contributed by atoms with Crippen LogP contribution in [0, 0.1) is 6.92 Å². The van der Waals surface area contributed by atoms with Crippen molar-refractivity contribution >= 4 is 26.0 Å². The highest BCUT2D eigenvalue weighted by Crippen LogP contribution is 2.23. The van der Waals surface area contributed by atoms with Crippen molar-refractivity contribution < 1.29 is 8.42 Å². The van der Waals surface area contributed by atoms with Gasteiger partial charge in [-0.2, -0.15) is 4.31 Å². The molecule has 7 heteroatoms. The van der Waals surface area contributed by atoms with E-state index in [0.717, 1.165) is 18.8 Å². The maximum atomic E-state index is 12.3. The van der Waals surface area contributed by atoms with Gasteiger partial charge in [0.15, 0.2) is 5.03 Å². The molecule has 1 atom stereocenters. The Bertz CT molecular complexity index is 512. The number of hydrogen-bond acceptors (Lipinski definition) is 3. The van der Waals surface area contributed by atoms with Gasteiger partial charge in [-0.25, -0.2) is 13.4 Å². The molecule has 0 radical (unpaired) electrons. The number of aryl methyl sites for hydroxylation is 2. The number of hydrogen-bond donors (Lipinski definition) is 0. The minimum Gasteiger partial charge on any atom is -0.334 e. The highest BCUT2D eigenvalue weighted by Gasteiger charge is 2.33. The molecule has 2 rings (SSSR count). The number of imidazole rings is 1. The average Bonchev–Trinajstić information content (AvgIpc) is 2.85. The van der Waals surface area contributed by atoms with Crippen molar-refractivity contribution in [1.29, 1.82) is 0 Å². The predicted octanol–water partition coefficient (Wildman–Crippen LogP) is 1.37. The van der Waals surface area contributed by atoms with E-state index in [1.807, 2.05) is 18.4 Å². The zero-order chi connectivity index (χ0) is 12.6. The Morgan fingerprint density at radius 3 is 2.76 bits per heavy atom. The van der Waals surface area contributed by atoms with Gasteiger partial charge in [0, 0.05) is 30.7 Å². The molecular formula is C10H16BrN3O2S. The van der Waals surface area contributed by atoms with Gasteiger partial charge in [0.2, 0.25) is 0 Å². The first-order valence-corrected chi connectivity index (χ1v) is 7.98. The summed E-state index contributed by atoms with van der Waals surface area (Å²) in [5.74, 6) is 0.737. The van der Waals surface area contributed by atoms with Gasteiger partial charge in [-0.1, -0.05) is 15.9 Å². The highest BCUT2D eigenvalue weighted by molar-refractivity contribution is 9.09. The van der Waals surface area contributed by atoms with Gasteiger partial charge in [0.25, 0.3) is 10.0 Å². The van der Waals surface area contributed by atoms with E-state index in [1.165, 1.54) is 4.31 Å². The van der Waals surface area contributed by atoms with E-state index in [2.05, 4.69) is 20.9 Å². The van der Waals surface area contributed by atoms with Crippen LogP contribution in [0.25, 0.3) is 0 Å². The lowest BCUT2D eigenvalue weighted by molar-refractivity contribution is 0.475. The number of rotatable bonds is 3. The predicted molar refractivity (Wildman–Crippen MR) is 68.7 cm³/mol. The third kappa shape index (κ3) is 2.41. The molecule has 0 spiro atoms. The molecule has 0 aliphatic carbocycles. The Labute approximate surface area is 110 Å². The third-order valence-corrected chi connectivity index (χ3v) is 5.48. The fourth-order valence-corrected chi connectivity index (χ4v) is 4.20. The lowest BCUT2D eigenvalue weighted by Crippen LogP contribution is -2.29. The highest BCUT2D eigenvalue weighted by atomic mass is 79.9. The molecule has 1 aliphatic rings. The SMILES string of the molecule is CCn1cc(S(=O)(=O)N2CCC(Br)C2)nc1C. The monoisotopic (exact) mass is 321 g/mol. The van der Waals surface area contributed by atoms with Crippen LogP contribution >= 0.6 is 15.9 Å². The molecule has 17 heavy (non-hydrogen) atoms. The Morgan fingerprint density at radius 1 is 1.59 bits per heavy atom. The van der Waals surface area contributed by atoms with E-state index in [1.54, 1.807) is 6.20 Å². The van der Waals surface area contributed by atoms with Gasteiger partial charge in [-0.3, -0.25) is 0 Å². The van der Waals surface area contributed by atoms with Crippen molar-refractivity contribution in [3.8, 4) is 0 Å². The lowest BCUT2D eigenvalue weighted by Gasteiger charge is -2.13. The van der Waals surface area contributed by atoms with Gasteiger partial charge in [0.1, 0.15) is 5.82 Å². The molecule has 1 unspecified atom stereocenters. The molecule has 2 heterocycles. The van der Waals surface area contributed by atoms with Crippen molar-refractivity contribution in [3.05, 3.63) is 12.0 Å². The van der Waals surface area contributed by atoms with Gasteiger partial charge in [-0.05, 0) is 20.3 Å². The summed E-state index contributed by atoms with van der Waals surface area (Å²) >= 11 is 3.45. The molecule has 5 nitrogen and oxygen atoms in total. The normalized spacial score (nSPS) is 22.2. The van der Waals surface area contributed by atoms with Crippen LogP contribution in [0.5, 0.6) is 0 Å². The van der Waals surface area contributed by atoms with Crippen LogP contribution in [0.3, 0.4) is 0 Å². The molecule has 1 aromatic heterocycles. The average molecular weight is 322 g/mol. The summed E-state index contributed by atoms with van der Waals surface area (Å²) in [7, 11) is -3.41. The number of sulfonamides is 1. The minimum absolute atomic E-state index is 0.165. The smallest absolute Gasteiger partial charge is 0.262 e. The summed E-state index contributed by atoms with van der Waals surface area (Å²) in [6, 6.07) is 0. The maximum absolute atomic E-state index is 12.3. The van der Waals surface area contributed by atoms with Crippen LogP contribution in [0.1, 0.15) is 19.2 Å². The zero-order valence-electron chi connectivity index (χ0n) is 9.93. The van der Waals surface area contributed by atoms with E-state index in [9.17, 15) is 8.42 Å². The summed E-state index contributed by atoms with van der Waals surface area (Å²) < 4.78 is 27.9. The second-order valence-electron chi connectivity index (χ2n) is 4.16. The Hall–Kier alpha value is -0.400. The first-order valence-electron chi connectivity index (χ1n) is 5.63. The lowest BCUT2D eigenvalue weighted by atomic mass is 10.4. The maximum Gasteiger partial charge on any atom is 0.262 e. The molecule has 0 saturated carbocycles. The van der Waals surface area contributed by atoms with E-state index in [0.29, 0.717) is 13.1 Å². The van der Waals surface area contributed by atoms with Crippen LogP contribution in [0.4, 0.5) is 0 Å². The molecule has 96 valence electrons. The molecule has 1 aromatic rings. The fourth-order valence-electron chi connectivity index (χ4n) is 1.96. The molecule has 0 amide bonds. The molecule has 1 fully saturated rings.